The van der Waals surface area contributed by atoms with E-state index in [1.807, 2.05) is 25.7 Å². The van der Waals surface area contributed by atoms with Crippen molar-refractivity contribution in [2.24, 2.45) is 0 Å². The number of benzene rings is 1. The average Bonchev–Trinajstić information content (AvgIpc) is 2.63. The number of carbonyl (C=O) groups is 1. The number of nitrogens with one attached hydrogen (secondary N) is 1. The Balaban J connectivity index is 1.77. The molecule has 3 rings (SSSR count). The largest absolute Gasteiger partial charge is 0.373 e. The van der Waals surface area contributed by atoms with Gasteiger partial charge in [-0.05, 0) is 52.0 Å². The summed E-state index contributed by atoms with van der Waals surface area (Å²) in [5.41, 5.74) is 0.513. The van der Waals surface area contributed by atoms with Crippen molar-refractivity contribution in [3.8, 4) is 0 Å². The molecule has 7 nitrogen and oxygen atoms in total. The molecule has 0 bridgehead atoms. The van der Waals surface area contributed by atoms with E-state index in [4.69, 9.17) is 4.74 Å². The Morgan fingerprint density at radius 3 is 2.26 bits per heavy atom. The van der Waals surface area contributed by atoms with E-state index in [1.54, 1.807) is 12.1 Å². The van der Waals surface area contributed by atoms with Gasteiger partial charge in [0.1, 0.15) is 0 Å². The van der Waals surface area contributed by atoms with Gasteiger partial charge in [-0.2, -0.15) is 4.31 Å². The number of carbonyl (C=O) groups excluding carboxylic acids is 1. The molecule has 4 unspecified atom stereocenters. The van der Waals surface area contributed by atoms with Gasteiger partial charge in [0.2, 0.25) is 10.0 Å². The van der Waals surface area contributed by atoms with Crippen molar-refractivity contribution in [2.75, 3.05) is 26.2 Å². The molecule has 1 aromatic rings. The molecule has 2 saturated heterocycles. The molecule has 0 aromatic heterocycles. The first-order valence-corrected chi connectivity index (χ1v) is 10.9. The smallest absolute Gasteiger partial charge is 0.254 e. The van der Waals surface area contributed by atoms with E-state index >= 15 is 0 Å². The SMILES string of the molecule is CC1CN(S(=O)(=O)c2ccc(C(=O)N3CCNC(C)C3C)cc2)CC(C)O1. The lowest BCUT2D eigenvalue weighted by Gasteiger charge is -2.38. The quantitative estimate of drug-likeness (QED) is 0.835. The molecule has 2 heterocycles. The maximum Gasteiger partial charge on any atom is 0.254 e. The fraction of sp³-hybridized carbons (Fsp3) is 0.632. The Morgan fingerprint density at radius 1 is 1.07 bits per heavy atom. The van der Waals surface area contributed by atoms with Gasteiger partial charge in [0.25, 0.3) is 5.91 Å². The summed E-state index contributed by atoms with van der Waals surface area (Å²) >= 11 is 0. The lowest BCUT2D eigenvalue weighted by atomic mass is 10.1. The maximum absolute atomic E-state index is 12.9. The highest BCUT2D eigenvalue weighted by Gasteiger charge is 2.33. The van der Waals surface area contributed by atoms with Crippen LogP contribution in [0.4, 0.5) is 0 Å². The molecule has 2 aliphatic rings. The molecule has 4 atom stereocenters. The minimum Gasteiger partial charge on any atom is -0.373 e. The van der Waals surface area contributed by atoms with Crippen molar-refractivity contribution in [1.82, 2.24) is 14.5 Å². The molecule has 0 aliphatic carbocycles. The topological polar surface area (TPSA) is 79.0 Å². The van der Waals surface area contributed by atoms with Crippen LogP contribution in [0.5, 0.6) is 0 Å². The van der Waals surface area contributed by atoms with E-state index in [9.17, 15) is 13.2 Å². The van der Waals surface area contributed by atoms with Crippen LogP contribution in [0.15, 0.2) is 29.2 Å². The minimum absolute atomic E-state index is 0.0617. The molecule has 2 aliphatic heterocycles. The highest BCUT2D eigenvalue weighted by molar-refractivity contribution is 7.89. The van der Waals surface area contributed by atoms with E-state index in [0.29, 0.717) is 25.2 Å². The summed E-state index contributed by atoms with van der Waals surface area (Å²) < 4.78 is 32.9. The molecule has 0 radical (unpaired) electrons. The number of morpholine rings is 1. The third-order valence-electron chi connectivity index (χ3n) is 5.42. The third-order valence-corrected chi connectivity index (χ3v) is 7.27. The molecule has 1 aromatic carbocycles. The molecular formula is C19H29N3O4S. The second-order valence-corrected chi connectivity index (χ2v) is 9.52. The predicted octanol–water partition coefficient (Wildman–Crippen LogP) is 1.31. The molecule has 1 N–H and O–H groups in total. The highest BCUT2D eigenvalue weighted by Crippen LogP contribution is 2.22. The Bertz CT molecular complexity index is 771. The van der Waals surface area contributed by atoms with Crippen molar-refractivity contribution >= 4 is 15.9 Å². The number of hydrogen-bond donors (Lipinski definition) is 1. The zero-order chi connectivity index (χ0) is 19.8. The molecule has 0 saturated carbocycles. The van der Waals surface area contributed by atoms with Crippen LogP contribution in [0.2, 0.25) is 0 Å². The van der Waals surface area contributed by atoms with E-state index in [1.165, 1.54) is 16.4 Å². The second-order valence-electron chi connectivity index (χ2n) is 7.59. The Hall–Kier alpha value is -1.48. The lowest BCUT2D eigenvalue weighted by molar-refractivity contribution is -0.0440. The Morgan fingerprint density at radius 2 is 1.67 bits per heavy atom. The first-order chi connectivity index (χ1) is 12.7. The Labute approximate surface area is 161 Å². The summed E-state index contributed by atoms with van der Waals surface area (Å²) in [6.45, 7) is 9.90. The Kier molecular flexibility index (Phi) is 5.90. The number of nitrogens with zero attached hydrogens (tertiary/aromatic N) is 2. The van der Waals surface area contributed by atoms with Crippen LogP contribution >= 0.6 is 0 Å². The molecule has 2 fully saturated rings. The number of sulfonamides is 1. The zero-order valence-corrected chi connectivity index (χ0v) is 17.2. The van der Waals surface area contributed by atoms with E-state index in [-0.39, 0.29) is 35.1 Å². The van der Waals surface area contributed by atoms with Crippen molar-refractivity contribution in [3.63, 3.8) is 0 Å². The average molecular weight is 396 g/mol. The van der Waals surface area contributed by atoms with Crippen LogP contribution in [-0.4, -0.2) is 74.0 Å². The summed E-state index contributed by atoms with van der Waals surface area (Å²) in [6.07, 6.45) is -0.277. The molecule has 8 heteroatoms. The summed E-state index contributed by atoms with van der Waals surface area (Å²) in [6, 6.07) is 6.61. The van der Waals surface area contributed by atoms with Crippen LogP contribution in [0.3, 0.4) is 0 Å². The van der Waals surface area contributed by atoms with E-state index in [2.05, 4.69) is 12.2 Å². The fourth-order valence-electron chi connectivity index (χ4n) is 3.75. The molecule has 1 amide bonds. The normalized spacial score (nSPS) is 30.3. The van der Waals surface area contributed by atoms with Crippen molar-refractivity contribution in [1.29, 1.82) is 0 Å². The fourth-order valence-corrected chi connectivity index (χ4v) is 5.35. The van der Waals surface area contributed by atoms with Gasteiger partial charge >= 0.3 is 0 Å². The van der Waals surface area contributed by atoms with Gasteiger partial charge in [0.15, 0.2) is 0 Å². The first kappa shape index (κ1) is 20.3. The number of ether oxygens (including phenoxy) is 1. The van der Waals surface area contributed by atoms with E-state index in [0.717, 1.165) is 6.54 Å². The first-order valence-electron chi connectivity index (χ1n) is 9.50. The van der Waals surface area contributed by atoms with Gasteiger partial charge in [-0.3, -0.25) is 4.79 Å². The van der Waals surface area contributed by atoms with Gasteiger partial charge in [-0.15, -0.1) is 0 Å². The number of amides is 1. The summed E-state index contributed by atoms with van der Waals surface area (Å²) in [5, 5.41) is 3.35. The van der Waals surface area contributed by atoms with Gasteiger partial charge in [0, 0.05) is 43.8 Å². The molecule has 150 valence electrons. The number of hydrogen-bond acceptors (Lipinski definition) is 5. The van der Waals surface area contributed by atoms with Crippen molar-refractivity contribution < 1.29 is 17.9 Å². The van der Waals surface area contributed by atoms with Crippen LogP contribution in [0, 0.1) is 0 Å². The van der Waals surface area contributed by atoms with Crippen LogP contribution in [-0.2, 0) is 14.8 Å². The van der Waals surface area contributed by atoms with Gasteiger partial charge in [-0.1, -0.05) is 0 Å². The summed E-state index contributed by atoms with van der Waals surface area (Å²) in [7, 11) is -3.60. The molecular weight excluding hydrogens is 366 g/mol. The van der Waals surface area contributed by atoms with Crippen LogP contribution in [0.25, 0.3) is 0 Å². The third kappa shape index (κ3) is 4.18. The highest BCUT2D eigenvalue weighted by atomic mass is 32.2. The van der Waals surface area contributed by atoms with Crippen molar-refractivity contribution in [2.45, 2.75) is 56.9 Å². The second kappa shape index (κ2) is 7.87. The molecule has 0 spiro atoms. The number of rotatable bonds is 3. The summed E-state index contributed by atoms with van der Waals surface area (Å²) in [4.78, 5) is 14.9. The maximum atomic E-state index is 12.9. The summed E-state index contributed by atoms with van der Waals surface area (Å²) in [5.74, 6) is -0.0617. The van der Waals surface area contributed by atoms with Crippen molar-refractivity contribution in [3.05, 3.63) is 29.8 Å². The number of piperazine rings is 1. The van der Waals surface area contributed by atoms with Gasteiger partial charge in [0.05, 0.1) is 17.1 Å². The standard InChI is InChI=1S/C19H29N3O4S/c1-13-11-21(12-14(2)26-13)27(24,25)18-7-5-17(6-8-18)19(23)22-10-9-20-15(3)16(22)4/h5-8,13-16,20H,9-12H2,1-4H3. The monoisotopic (exact) mass is 395 g/mol. The van der Waals surface area contributed by atoms with Crippen LogP contribution < -0.4 is 5.32 Å². The van der Waals surface area contributed by atoms with Crippen LogP contribution in [0.1, 0.15) is 38.1 Å². The molecule has 27 heavy (non-hydrogen) atoms. The predicted molar refractivity (Wildman–Crippen MR) is 103 cm³/mol. The van der Waals surface area contributed by atoms with Gasteiger partial charge < -0.3 is 15.0 Å². The lowest BCUT2D eigenvalue weighted by Crippen LogP contribution is -2.57. The minimum atomic E-state index is -3.60. The van der Waals surface area contributed by atoms with E-state index < -0.39 is 10.0 Å². The zero-order valence-electron chi connectivity index (χ0n) is 16.4. The van der Waals surface area contributed by atoms with Gasteiger partial charge in [-0.25, -0.2) is 8.42 Å².